The molecule has 21 heavy (non-hydrogen) atoms. The lowest BCUT2D eigenvalue weighted by atomic mass is 10.1. The van der Waals surface area contributed by atoms with Crippen LogP contribution in [-0.2, 0) is 11.2 Å². The summed E-state index contributed by atoms with van der Waals surface area (Å²) in [5.74, 6) is 0.561. The summed E-state index contributed by atoms with van der Waals surface area (Å²) in [7, 11) is 0. The Morgan fingerprint density at radius 3 is 2.90 bits per heavy atom. The molecular formula is C15H16N4OS. The van der Waals surface area contributed by atoms with Gasteiger partial charge in [-0.05, 0) is 12.0 Å². The molecule has 1 aliphatic heterocycles. The van der Waals surface area contributed by atoms with Crippen molar-refractivity contribution in [3.8, 4) is 6.07 Å². The van der Waals surface area contributed by atoms with E-state index >= 15 is 0 Å². The third-order valence-electron chi connectivity index (χ3n) is 2.83. The van der Waals surface area contributed by atoms with Crippen molar-refractivity contribution < 1.29 is 4.79 Å². The quantitative estimate of drug-likeness (QED) is 0.637. The molecule has 2 N–H and O–H groups in total. The lowest BCUT2D eigenvalue weighted by Gasteiger charge is -2.05. The SMILES string of the molecule is N#C/C(=C/NC1=NCCS1)C(=O)NCCc1ccccc1. The maximum atomic E-state index is 11.9. The van der Waals surface area contributed by atoms with Crippen LogP contribution in [0.5, 0.6) is 0 Å². The molecule has 5 nitrogen and oxygen atoms in total. The Morgan fingerprint density at radius 1 is 1.43 bits per heavy atom. The van der Waals surface area contributed by atoms with E-state index in [9.17, 15) is 4.79 Å². The fraction of sp³-hybridized carbons (Fsp3) is 0.267. The maximum Gasteiger partial charge on any atom is 0.263 e. The van der Waals surface area contributed by atoms with Crippen LogP contribution in [0.2, 0.25) is 0 Å². The fourth-order valence-corrected chi connectivity index (χ4v) is 2.47. The molecule has 108 valence electrons. The van der Waals surface area contributed by atoms with Crippen LogP contribution in [0, 0.1) is 11.3 Å². The number of nitriles is 1. The van der Waals surface area contributed by atoms with Gasteiger partial charge in [0, 0.05) is 18.5 Å². The molecule has 1 amide bonds. The van der Waals surface area contributed by atoms with Crippen molar-refractivity contribution in [1.29, 1.82) is 5.26 Å². The van der Waals surface area contributed by atoms with Gasteiger partial charge in [-0.2, -0.15) is 5.26 Å². The van der Waals surface area contributed by atoms with Crippen molar-refractivity contribution in [2.24, 2.45) is 4.99 Å². The molecule has 0 saturated carbocycles. The molecule has 0 bridgehead atoms. The largest absolute Gasteiger partial charge is 0.351 e. The highest BCUT2D eigenvalue weighted by molar-refractivity contribution is 8.14. The van der Waals surface area contributed by atoms with Gasteiger partial charge in [0.15, 0.2) is 5.17 Å². The van der Waals surface area contributed by atoms with E-state index in [4.69, 9.17) is 5.26 Å². The molecule has 1 heterocycles. The number of thioether (sulfide) groups is 1. The van der Waals surface area contributed by atoms with Gasteiger partial charge in [0.05, 0.1) is 6.54 Å². The van der Waals surface area contributed by atoms with Gasteiger partial charge in [-0.1, -0.05) is 42.1 Å². The van der Waals surface area contributed by atoms with E-state index in [-0.39, 0.29) is 11.5 Å². The van der Waals surface area contributed by atoms with Crippen molar-refractivity contribution in [2.75, 3.05) is 18.8 Å². The lowest BCUT2D eigenvalue weighted by molar-refractivity contribution is -0.117. The summed E-state index contributed by atoms with van der Waals surface area (Å²) >= 11 is 1.57. The van der Waals surface area contributed by atoms with Crippen LogP contribution in [-0.4, -0.2) is 29.9 Å². The van der Waals surface area contributed by atoms with E-state index in [0.717, 1.165) is 29.4 Å². The topological polar surface area (TPSA) is 77.3 Å². The molecule has 0 radical (unpaired) electrons. The van der Waals surface area contributed by atoms with Crippen molar-refractivity contribution in [3.05, 3.63) is 47.7 Å². The van der Waals surface area contributed by atoms with Crippen LogP contribution in [0.25, 0.3) is 0 Å². The standard InChI is InChI=1S/C15H16N4OS/c16-10-13(11-19-15-18-8-9-21-15)14(20)17-7-6-12-4-2-1-3-5-12/h1-5,11H,6-9H2,(H,17,20)(H,18,19)/b13-11-. The number of hydrogen-bond acceptors (Lipinski definition) is 5. The highest BCUT2D eigenvalue weighted by atomic mass is 32.2. The van der Waals surface area contributed by atoms with E-state index in [2.05, 4.69) is 15.6 Å². The zero-order valence-corrected chi connectivity index (χ0v) is 12.3. The van der Waals surface area contributed by atoms with Crippen molar-refractivity contribution >= 4 is 22.8 Å². The molecule has 0 atom stereocenters. The third-order valence-corrected chi connectivity index (χ3v) is 3.74. The van der Waals surface area contributed by atoms with Gasteiger partial charge in [0.1, 0.15) is 11.6 Å². The summed E-state index contributed by atoms with van der Waals surface area (Å²) in [5, 5.41) is 15.4. The molecular weight excluding hydrogens is 284 g/mol. The average Bonchev–Trinajstić information content (AvgIpc) is 3.02. The number of rotatable bonds is 5. The Labute approximate surface area is 128 Å². The predicted molar refractivity (Wildman–Crippen MR) is 84.7 cm³/mol. The normalized spacial score (nSPS) is 14.2. The monoisotopic (exact) mass is 300 g/mol. The minimum atomic E-state index is -0.371. The van der Waals surface area contributed by atoms with Gasteiger partial charge in [-0.25, -0.2) is 0 Å². The number of nitrogens with zero attached hydrogens (tertiary/aromatic N) is 2. The summed E-state index contributed by atoms with van der Waals surface area (Å²) in [6.45, 7) is 1.27. The number of amidine groups is 1. The maximum absolute atomic E-state index is 11.9. The molecule has 0 unspecified atom stereocenters. The van der Waals surface area contributed by atoms with Crippen molar-refractivity contribution in [2.45, 2.75) is 6.42 Å². The molecule has 1 aromatic carbocycles. The first-order chi connectivity index (χ1) is 10.3. The lowest BCUT2D eigenvalue weighted by Crippen LogP contribution is -2.28. The summed E-state index contributed by atoms with van der Waals surface area (Å²) in [6, 6.07) is 11.8. The van der Waals surface area contributed by atoms with Crippen LogP contribution < -0.4 is 10.6 Å². The van der Waals surface area contributed by atoms with Crippen molar-refractivity contribution in [1.82, 2.24) is 10.6 Å². The molecule has 0 fully saturated rings. The molecule has 0 saturated heterocycles. The van der Waals surface area contributed by atoms with Gasteiger partial charge in [0.25, 0.3) is 5.91 Å². The number of benzene rings is 1. The predicted octanol–water partition coefficient (Wildman–Crippen LogP) is 1.45. The second kappa shape index (κ2) is 8.12. The zero-order chi connectivity index (χ0) is 14.9. The number of nitrogens with one attached hydrogen (secondary N) is 2. The number of carbonyl (C=O) groups excluding carboxylic acids is 1. The van der Waals surface area contributed by atoms with Gasteiger partial charge in [0.2, 0.25) is 0 Å². The molecule has 0 aromatic heterocycles. The van der Waals surface area contributed by atoms with Gasteiger partial charge in [-0.15, -0.1) is 0 Å². The highest BCUT2D eigenvalue weighted by Crippen LogP contribution is 2.09. The Hall–Kier alpha value is -2.26. The molecule has 1 aromatic rings. The highest BCUT2D eigenvalue weighted by Gasteiger charge is 2.10. The summed E-state index contributed by atoms with van der Waals surface area (Å²) in [4.78, 5) is 16.1. The van der Waals surface area contributed by atoms with E-state index < -0.39 is 0 Å². The first kappa shape index (κ1) is 15.1. The van der Waals surface area contributed by atoms with Crippen LogP contribution in [0.1, 0.15) is 5.56 Å². The van der Waals surface area contributed by atoms with Crippen LogP contribution in [0.4, 0.5) is 0 Å². The van der Waals surface area contributed by atoms with Crippen LogP contribution in [0.15, 0.2) is 47.1 Å². The van der Waals surface area contributed by atoms with Crippen molar-refractivity contribution in [3.63, 3.8) is 0 Å². The molecule has 6 heteroatoms. The second-order valence-electron chi connectivity index (χ2n) is 4.34. The third kappa shape index (κ3) is 4.97. The number of amides is 1. The summed E-state index contributed by atoms with van der Waals surface area (Å²) in [6.07, 6.45) is 2.15. The first-order valence-electron chi connectivity index (χ1n) is 6.66. The first-order valence-corrected chi connectivity index (χ1v) is 7.64. The fourth-order valence-electron chi connectivity index (χ4n) is 1.77. The van der Waals surface area contributed by atoms with E-state index in [0.29, 0.717) is 6.54 Å². The Kier molecular flexibility index (Phi) is 5.85. The Morgan fingerprint density at radius 2 is 2.24 bits per heavy atom. The number of carbonyl (C=O) groups is 1. The van der Waals surface area contributed by atoms with E-state index in [1.807, 2.05) is 36.4 Å². The van der Waals surface area contributed by atoms with E-state index in [1.165, 1.54) is 6.20 Å². The molecule has 2 rings (SSSR count). The minimum absolute atomic E-state index is 0.0539. The number of aliphatic imine (C=N–C) groups is 1. The average molecular weight is 300 g/mol. The summed E-state index contributed by atoms with van der Waals surface area (Å²) < 4.78 is 0. The van der Waals surface area contributed by atoms with E-state index in [1.54, 1.807) is 11.8 Å². The van der Waals surface area contributed by atoms with Gasteiger partial charge >= 0.3 is 0 Å². The Bertz CT molecular complexity index is 589. The van der Waals surface area contributed by atoms with Crippen LogP contribution in [0.3, 0.4) is 0 Å². The smallest absolute Gasteiger partial charge is 0.263 e. The molecule has 0 spiro atoms. The molecule has 0 aliphatic carbocycles. The minimum Gasteiger partial charge on any atom is -0.351 e. The summed E-state index contributed by atoms with van der Waals surface area (Å²) in [5.41, 5.74) is 1.20. The Balaban J connectivity index is 1.80. The van der Waals surface area contributed by atoms with Crippen LogP contribution >= 0.6 is 11.8 Å². The zero-order valence-electron chi connectivity index (χ0n) is 11.5. The second-order valence-corrected chi connectivity index (χ2v) is 5.42. The molecule has 1 aliphatic rings. The van der Waals surface area contributed by atoms with Gasteiger partial charge < -0.3 is 10.6 Å². The van der Waals surface area contributed by atoms with Gasteiger partial charge in [-0.3, -0.25) is 9.79 Å². The number of hydrogen-bond donors (Lipinski definition) is 2.